The van der Waals surface area contributed by atoms with E-state index in [0.717, 1.165) is 6.61 Å². The van der Waals surface area contributed by atoms with E-state index in [1.807, 2.05) is 0 Å². The van der Waals surface area contributed by atoms with Gasteiger partial charge in [-0.25, -0.2) is 0 Å². The second-order valence-corrected chi connectivity index (χ2v) is 5.13. The van der Waals surface area contributed by atoms with E-state index in [-0.39, 0.29) is 0 Å². The molecule has 1 fully saturated rings. The molecule has 1 heterocycles. The smallest absolute Gasteiger partial charge is 0.0728 e. The van der Waals surface area contributed by atoms with E-state index in [1.165, 1.54) is 44.9 Å². The number of hydrogen-bond acceptors (Lipinski definition) is 2. The average Bonchev–Trinajstić information content (AvgIpc) is 2.30. The zero-order chi connectivity index (χ0) is 11.8. The second-order valence-electron chi connectivity index (χ2n) is 5.13. The van der Waals surface area contributed by atoms with Gasteiger partial charge in [-0.15, -0.1) is 0 Å². The molecule has 1 rings (SSSR count). The van der Waals surface area contributed by atoms with Crippen molar-refractivity contribution in [3.05, 3.63) is 0 Å². The molecule has 0 aromatic rings. The lowest BCUT2D eigenvalue weighted by atomic mass is 9.95. The van der Waals surface area contributed by atoms with Crippen molar-refractivity contribution in [3.8, 4) is 0 Å². The molecule has 1 saturated heterocycles. The first-order valence-electron chi connectivity index (χ1n) is 7.15. The van der Waals surface area contributed by atoms with Gasteiger partial charge in [0, 0.05) is 18.7 Å². The Morgan fingerprint density at radius 2 is 1.94 bits per heavy atom. The fraction of sp³-hybridized carbons (Fsp3) is 1.00. The van der Waals surface area contributed by atoms with Crippen LogP contribution in [0.3, 0.4) is 0 Å². The molecule has 0 aromatic heterocycles. The molecule has 2 nitrogen and oxygen atoms in total. The lowest BCUT2D eigenvalue weighted by Crippen LogP contribution is -2.49. The van der Waals surface area contributed by atoms with Crippen molar-refractivity contribution in [3.63, 3.8) is 0 Å². The van der Waals surface area contributed by atoms with Gasteiger partial charge in [0.1, 0.15) is 0 Å². The SMILES string of the molecule is CCCCCCOC1CCC(C)NC1CC. The molecule has 2 heteroatoms. The molecule has 1 aliphatic heterocycles. The van der Waals surface area contributed by atoms with Crippen LogP contribution in [0.15, 0.2) is 0 Å². The maximum absolute atomic E-state index is 6.02. The maximum Gasteiger partial charge on any atom is 0.0728 e. The van der Waals surface area contributed by atoms with Crippen LogP contribution in [0.25, 0.3) is 0 Å². The number of ether oxygens (including phenoxy) is 1. The second kappa shape index (κ2) is 8.08. The Kier molecular flexibility index (Phi) is 7.06. The Bertz CT molecular complexity index is 172. The molecule has 0 aliphatic carbocycles. The minimum absolute atomic E-state index is 0.461. The fourth-order valence-corrected chi connectivity index (χ4v) is 2.52. The molecule has 0 aromatic carbocycles. The first-order chi connectivity index (χ1) is 7.77. The van der Waals surface area contributed by atoms with Crippen molar-refractivity contribution in [2.24, 2.45) is 0 Å². The quantitative estimate of drug-likeness (QED) is 0.672. The molecule has 0 saturated carbocycles. The predicted octanol–water partition coefficient (Wildman–Crippen LogP) is 3.50. The summed E-state index contributed by atoms with van der Waals surface area (Å²) in [7, 11) is 0. The largest absolute Gasteiger partial charge is 0.377 e. The van der Waals surface area contributed by atoms with E-state index < -0.39 is 0 Å². The topological polar surface area (TPSA) is 21.3 Å². The van der Waals surface area contributed by atoms with E-state index in [1.54, 1.807) is 0 Å². The van der Waals surface area contributed by atoms with Crippen LogP contribution in [-0.4, -0.2) is 24.8 Å². The third kappa shape index (κ3) is 4.84. The highest BCUT2D eigenvalue weighted by Gasteiger charge is 2.26. The normalized spacial score (nSPS) is 30.6. The van der Waals surface area contributed by atoms with Gasteiger partial charge in [0.15, 0.2) is 0 Å². The Morgan fingerprint density at radius 3 is 2.62 bits per heavy atom. The van der Waals surface area contributed by atoms with Crippen molar-refractivity contribution < 1.29 is 4.74 Å². The van der Waals surface area contributed by atoms with Crippen LogP contribution in [0, 0.1) is 0 Å². The van der Waals surface area contributed by atoms with E-state index in [4.69, 9.17) is 4.74 Å². The van der Waals surface area contributed by atoms with E-state index in [2.05, 4.69) is 26.1 Å². The monoisotopic (exact) mass is 227 g/mol. The van der Waals surface area contributed by atoms with Crippen LogP contribution in [-0.2, 0) is 4.74 Å². The highest BCUT2D eigenvalue weighted by Crippen LogP contribution is 2.19. The van der Waals surface area contributed by atoms with Crippen molar-refractivity contribution in [1.29, 1.82) is 0 Å². The summed E-state index contributed by atoms with van der Waals surface area (Å²) in [5.41, 5.74) is 0. The third-order valence-corrected chi connectivity index (χ3v) is 3.60. The molecule has 16 heavy (non-hydrogen) atoms. The lowest BCUT2D eigenvalue weighted by Gasteiger charge is -2.35. The van der Waals surface area contributed by atoms with Gasteiger partial charge in [-0.2, -0.15) is 0 Å². The fourth-order valence-electron chi connectivity index (χ4n) is 2.52. The van der Waals surface area contributed by atoms with Crippen molar-refractivity contribution >= 4 is 0 Å². The van der Waals surface area contributed by atoms with Gasteiger partial charge in [0.25, 0.3) is 0 Å². The zero-order valence-corrected chi connectivity index (χ0v) is 11.3. The van der Waals surface area contributed by atoms with E-state index in [9.17, 15) is 0 Å². The molecule has 1 N–H and O–H groups in total. The zero-order valence-electron chi connectivity index (χ0n) is 11.3. The predicted molar refractivity (Wildman–Crippen MR) is 69.8 cm³/mol. The minimum atomic E-state index is 0.461. The Balaban J connectivity index is 2.14. The lowest BCUT2D eigenvalue weighted by molar-refractivity contribution is -0.00206. The molecular formula is C14H29NO. The summed E-state index contributed by atoms with van der Waals surface area (Å²) >= 11 is 0. The van der Waals surface area contributed by atoms with Gasteiger partial charge in [0.2, 0.25) is 0 Å². The van der Waals surface area contributed by atoms with Gasteiger partial charge in [-0.05, 0) is 32.6 Å². The number of rotatable bonds is 7. The molecule has 1 aliphatic rings. The van der Waals surface area contributed by atoms with Crippen LogP contribution >= 0.6 is 0 Å². The van der Waals surface area contributed by atoms with Crippen molar-refractivity contribution in [2.75, 3.05) is 6.61 Å². The molecule has 96 valence electrons. The van der Waals surface area contributed by atoms with Crippen LogP contribution in [0.5, 0.6) is 0 Å². The van der Waals surface area contributed by atoms with E-state index >= 15 is 0 Å². The Hall–Kier alpha value is -0.0800. The standard InChI is InChI=1S/C14H29NO/c1-4-6-7-8-11-16-14-10-9-12(3)15-13(14)5-2/h12-15H,4-11H2,1-3H3. The van der Waals surface area contributed by atoms with Crippen molar-refractivity contribution in [2.45, 2.75) is 83.9 Å². The van der Waals surface area contributed by atoms with Gasteiger partial charge in [-0.1, -0.05) is 33.1 Å². The summed E-state index contributed by atoms with van der Waals surface area (Å²) in [6.45, 7) is 7.74. The summed E-state index contributed by atoms with van der Waals surface area (Å²) in [5, 5.41) is 3.64. The van der Waals surface area contributed by atoms with Crippen LogP contribution in [0.1, 0.15) is 65.7 Å². The third-order valence-electron chi connectivity index (χ3n) is 3.60. The molecule has 0 amide bonds. The minimum Gasteiger partial charge on any atom is -0.377 e. The van der Waals surface area contributed by atoms with Crippen molar-refractivity contribution in [1.82, 2.24) is 5.32 Å². The molecule has 0 spiro atoms. The van der Waals surface area contributed by atoms with Gasteiger partial charge < -0.3 is 10.1 Å². The first-order valence-corrected chi connectivity index (χ1v) is 7.15. The summed E-state index contributed by atoms with van der Waals surface area (Å²) in [4.78, 5) is 0. The maximum atomic E-state index is 6.02. The van der Waals surface area contributed by atoms with Crippen LogP contribution in [0.2, 0.25) is 0 Å². The molecular weight excluding hydrogens is 198 g/mol. The van der Waals surface area contributed by atoms with Gasteiger partial charge >= 0.3 is 0 Å². The summed E-state index contributed by atoms with van der Waals surface area (Å²) in [5.74, 6) is 0. The highest BCUT2D eigenvalue weighted by molar-refractivity contribution is 4.84. The van der Waals surface area contributed by atoms with Crippen LogP contribution in [0.4, 0.5) is 0 Å². The highest BCUT2D eigenvalue weighted by atomic mass is 16.5. The summed E-state index contributed by atoms with van der Waals surface area (Å²) in [6, 6.07) is 1.25. The van der Waals surface area contributed by atoms with Gasteiger partial charge in [-0.3, -0.25) is 0 Å². The van der Waals surface area contributed by atoms with Crippen LogP contribution < -0.4 is 5.32 Å². The first kappa shape index (κ1) is 14.0. The summed E-state index contributed by atoms with van der Waals surface area (Å²) in [6.07, 6.45) is 9.35. The number of hydrogen-bond donors (Lipinski definition) is 1. The number of piperidine rings is 1. The summed E-state index contributed by atoms with van der Waals surface area (Å²) < 4.78 is 6.02. The molecule has 3 unspecified atom stereocenters. The molecule has 0 bridgehead atoms. The Morgan fingerprint density at radius 1 is 1.12 bits per heavy atom. The van der Waals surface area contributed by atoms with Gasteiger partial charge in [0.05, 0.1) is 6.10 Å². The van der Waals surface area contributed by atoms with E-state index in [0.29, 0.717) is 18.2 Å². The number of unbranched alkanes of at least 4 members (excludes halogenated alkanes) is 3. The average molecular weight is 227 g/mol. The Labute approximate surface area is 101 Å². The number of nitrogens with one attached hydrogen (secondary N) is 1. The molecule has 3 atom stereocenters. The molecule has 0 radical (unpaired) electrons.